The summed E-state index contributed by atoms with van der Waals surface area (Å²) in [7, 11) is 0. The molecule has 0 saturated carbocycles. The highest BCUT2D eigenvalue weighted by Gasteiger charge is 2.36. The van der Waals surface area contributed by atoms with E-state index in [1.165, 1.54) is 17.0 Å². The Morgan fingerprint density at radius 1 is 0.949 bits per heavy atom. The molecule has 39 heavy (non-hydrogen) atoms. The van der Waals surface area contributed by atoms with Crippen LogP contribution in [0.4, 0.5) is 24.5 Å². The molecule has 1 N–H and O–H groups in total. The summed E-state index contributed by atoms with van der Waals surface area (Å²) in [6, 6.07) is 20.0. The Balaban J connectivity index is 1.35. The number of rotatable bonds is 4. The zero-order valence-electron chi connectivity index (χ0n) is 19.8. The van der Waals surface area contributed by atoms with Gasteiger partial charge in [-0.25, -0.2) is 0 Å². The lowest BCUT2D eigenvalue weighted by atomic mass is 10.1. The van der Waals surface area contributed by atoms with E-state index in [0.29, 0.717) is 22.0 Å². The van der Waals surface area contributed by atoms with Crippen LogP contribution in [0.3, 0.4) is 0 Å². The Bertz CT molecular complexity index is 1880. The van der Waals surface area contributed by atoms with Gasteiger partial charge in [-0.2, -0.15) is 22.7 Å². The number of carbonyl (C=O) groups excluding carboxylic acids is 2. The quantitative estimate of drug-likeness (QED) is 0.370. The van der Waals surface area contributed by atoms with Crippen LogP contribution in [0, 0.1) is 0 Å². The standard InChI is InChI=1S/C27H16F3N5O3S/c28-27(29,30)16-9-6-10-17(13-16)31-20(36)14-34-19-12-5-4-11-18(19)21(24(34)37)22-25(38)35-26(39-22)32-23(33-35)15-7-2-1-3-8-15/h1-13H,14H2,(H,31,36). The molecule has 0 radical (unpaired) electrons. The van der Waals surface area contributed by atoms with E-state index in [1.54, 1.807) is 24.3 Å². The van der Waals surface area contributed by atoms with Crippen molar-refractivity contribution in [3.05, 3.63) is 105 Å². The molecule has 0 atom stereocenters. The minimum absolute atomic E-state index is 0.0550. The maximum Gasteiger partial charge on any atom is 0.416 e. The second kappa shape index (κ2) is 9.17. The number of anilines is 2. The van der Waals surface area contributed by atoms with Crippen molar-refractivity contribution >= 4 is 45.1 Å². The van der Waals surface area contributed by atoms with Gasteiger partial charge in [-0.15, -0.1) is 5.10 Å². The number of para-hydroxylation sites is 1. The Labute approximate surface area is 221 Å². The number of halogens is 3. The van der Waals surface area contributed by atoms with E-state index in [-0.39, 0.29) is 15.8 Å². The third-order valence-electron chi connectivity index (χ3n) is 6.12. The normalized spacial score (nSPS) is 14.6. The SMILES string of the molecule is O=C(CN1C(=O)C(=c2sc3nc(-c4ccccc4)nn3c2=O)c2ccccc21)Nc1cccc(C(F)(F)F)c1. The minimum atomic E-state index is -4.57. The number of hydrogen-bond donors (Lipinski definition) is 1. The summed E-state index contributed by atoms with van der Waals surface area (Å²) in [5, 5.41) is 6.73. The maximum atomic E-state index is 13.6. The molecular formula is C27H16F3N5O3S. The van der Waals surface area contributed by atoms with Crippen LogP contribution in [0.2, 0.25) is 0 Å². The van der Waals surface area contributed by atoms with E-state index in [4.69, 9.17) is 0 Å². The first kappa shape index (κ1) is 24.5. The van der Waals surface area contributed by atoms with Crippen LogP contribution in [-0.4, -0.2) is 33.0 Å². The Hall–Kier alpha value is -4.84. The number of nitrogens with one attached hydrogen (secondary N) is 1. The molecule has 0 spiro atoms. The fraction of sp³-hybridized carbons (Fsp3) is 0.0741. The Kier molecular flexibility index (Phi) is 5.76. The average molecular weight is 548 g/mol. The van der Waals surface area contributed by atoms with Gasteiger partial charge in [0.1, 0.15) is 11.1 Å². The van der Waals surface area contributed by atoms with Crippen LogP contribution in [-0.2, 0) is 15.8 Å². The van der Waals surface area contributed by atoms with Crippen LogP contribution in [0.5, 0.6) is 0 Å². The molecule has 12 heteroatoms. The summed E-state index contributed by atoms with van der Waals surface area (Å²) in [6.07, 6.45) is -4.57. The number of amides is 2. The van der Waals surface area contributed by atoms with Crippen molar-refractivity contribution < 1.29 is 22.8 Å². The fourth-order valence-corrected chi connectivity index (χ4v) is 5.37. The topological polar surface area (TPSA) is 96.7 Å². The molecule has 0 unspecified atom stereocenters. The van der Waals surface area contributed by atoms with Gasteiger partial charge in [0.15, 0.2) is 5.82 Å². The molecule has 0 bridgehead atoms. The van der Waals surface area contributed by atoms with Crippen molar-refractivity contribution in [1.29, 1.82) is 0 Å². The van der Waals surface area contributed by atoms with Crippen molar-refractivity contribution in [2.24, 2.45) is 0 Å². The van der Waals surface area contributed by atoms with E-state index in [2.05, 4.69) is 15.4 Å². The van der Waals surface area contributed by atoms with Crippen molar-refractivity contribution in [1.82, 2.24) is 14.6 Å². The lowest BCUT2D eigenvalue weighted by molar-refractivity contribution is -0.137. The Morgan fingerprint density at radius 3 is 2.44 bits per heavy atom. The number of aromatic nitrogens is 3. The van der Waals surface area contributed by atoms with Gasteiger partial charge < -0.3 is 5.32 Å². The van der Waals surface area contributed by atoms with Gasteiger partial charge in [0.25, 0.3) is 11.5 Å². The highest BCUT2D eigenvalue weighted by atomic mass is 32.1. The molecular weight excluding hydrogens is 531 g/mol. The van der Waals surface area contributed by atoms with Gasteiger partial charge in [0, 0.05) is 16.8 Å². The first-order valence-corrected chi connectivity index (χ1v) is 12.4. The smallest absolute Gasteiger partial charge is 0.325 e. The van der Waals surface area contributed by atoms with Crippen molar-refractivity contribution in [3.8, 4) is 11.4 Å². The molecule has 3 aromatic carbocycles. The maximum absolute atomic E-state index is 13.6. The van der Waals surface area contributed by atoms with E-state index >= 15 is 0 Å². The Morgan fingerprint density at radius 2 is 1.69 bits per heavy atom. The average Bonchev–Trinajstić information content (AvgIpc) is 3.55. The highest BCUT2D eigenvalue weighted by molar-refractivity contribution is 7.15. The van der Waals surface area contributed by atoms with Gasteiger partial charge in [-0.3, -0.25) is 19.3 Å². The van der Waals surface area contributed by atoms with Crippen LogP contribution in [0.1, 0.15) is 11.1 Å². The summed E-state index contributed by atoms with van der Waals surface area (Å²) in [5.74, 6) is -0.905. The van der Waals surface area contributed by atoms with E-state index in [1.807, 2.05) is 30.3 Å². The number of hydrogen-bond acceptors (Lipinski definition) is 6. The van der Waals surface area contributed by atoms with Gasteiger partial charge in [-0.1, -0.05) is 65.9 Å². The van der Waals surface area contributed by atoms with Crippen LogP contribution >= 0.6 is 11.3 Å². The molecule has 8 nitrogen and oxygen atoms in total. The van der Waals surface area contributed by atoms with Crippen molar-refractivity contribution in [3.63, 3.8) is 0 Å². The number of thiazole rings is 1. The predicted octanol–water partition coefficient (Wildman–Crippen LogP) is 3.74. The van der Waals surface area contributed by atoms with Crippen LogP contribution in [0.25, 0.3) is 21.9 Å². The summed E-state index contributed by atoms with van der Waals surface area (Å²) >= 11 is 1.02. The summed E-state index contributed by atoms with van der Waals surface area (Å²) < 4.78 is 40.4. The second-order valence-corrected chi connectivity index (χ2v) is 9.62. The van der Waals surface area contributed by atoms with Crippen LogP contribution < -0.4 is 20.3 Å². The van der Waals surface area contributed by atoms with Crippen LogP contribution in [0.15, 0.2) is 83.7 Å². The van der Waals surface area contributed by atoms with E-state index < -0.39 is 35.7 Å². The number of fused-ring (bicyclic) bond motifs is 2. The first-order chi connectivity index (χ1) is 18.7. The molecule has 0 fully saturated rings. The summed E-state index contributed by atoms with van der Waals surface area (Å²) in [5.41, 5.74) is 0.231. The summed E-state index contributed by atoms with van der Waals surface area (Å²) in [6.45, 7) is -0.470. The molecule has 1 aliphatic heterocycles. The first-order valence-electron chi connectivity index (χ1n) is 11.6. The number of benzene rings is 3. The number of nitrogens with zero attached hydrogens (tertiary/aromatic N) is 4. The highest BCUT2D eigenvalue weighted by Crippen LogP contribution is 2.35. The summed E-state index contributed by atoms with van der Waals surface area (Å²) in [4.78, 5) is 45.6. The molecule has 1 aliphatic rings. The van der Waals surface area contributed by atoms with E-state index in [0.717, 1.165) is 33.5 Å². The number of carbonyl (C=O) groups is 2. The van der Waals surface area contributed by atoms with Gasteiger partial charge in [-0.05, 0) is 24.3 Å². The second-order valence-electron chi connectivity index (χ2n) is 8.64. The van der Waals surface area contributed by atoms with Crippen molar-refractivity contribution in [2.45, 2.75) is 6.18 Å². The molecule has 6 rings (SSSR count). The largest absolute Gasteiger partial charge is 0.416 e. The third-order valence-corrected chi connectivity index (χ3v) is 7.14. The predicted molar refractivity (Wildman–Crippen MR) is 139 cm³/mol. The fourth-order valence-electron chi connectivity index (χ4n) is 4.37. The van der Waals surface area contributed by atoms with E-state index in [9.17, 15) is 27.6 Å². The minimum Gasteiger partial charge on any atom is -0.325 e. The lowest BCUT2D eigenvalue weighted by Crippen LogP contribution is -2.37. The third kappa shape index (κ3) is 4.34. The van der Waals surface area contributed by atoms with Gasteiger partial charge >= 0.3 is 6.18 Å². The molecule has 194 valence electrons. The van der Waals surface area contributed by atoms with Gasteiger partial charge in [0.05, 0.1) is 16.8 Å². The zero-order valence-corrected chi connectivity index (χ0v) is 20.6. The molecule has 2 amide bonds. The van der Waals surface area contributed by atoms with Gasteiger partial charge in [0.2, 0.25) is 10.9 Å². The molecule has 0 aliphatic carbocycles. The van der Waals surface area contributed by atoms with Crippen molar-refractivity contribution in [2.75, 3.05) is 16.8 Å². The lowest BCUT2D eigenvalue weighted by Gasteiger charge is -2.17. The molecule has 3 heterocycles. The zero-order chi connectivity index (χ0) is 27.3. The number of alkyl halides is 3. The molecule has 2 aromatic heterocycles. The molecule has 5 aromatic rings. The molecule has 0 saturated heterocycles. The monoisotopic (exact) mass is 547 g/mol.